The fraction of sp³-hybridized carbons (Fsp3) is 0.172. The largest absolute Gasteiger partial charge is 0.486 e. The lowest BCUT2D eigenvalue weighted by atomic mass is 10.2. The quantitative estimate of drug-likeness (QED) is 0.200. The molecule has 1 aliphatic rings. The maximum atomic E-state index is 13.7. The molecule has 1 aromatic heterocycles. The fourth-order valence-corrected chi connectivity index (χ4v) is 6.24. The third-order valence-corrected chi connectivity index (χ3v) is 9.04. The Kier molecular flexibility index (Phi) is 8.44. The molecule has 0 saturated carbocycles. The molecule has 0 fully saturated rings. The van der Waals surface area contributed by atoms with Crippen LogP contribution in [0, 0.1) is 19.7 Å². The summed E-state index contributed by atoms with van der Waals surface area (Å²) in [5.41, 5.74) is 5.73. The van der Waals surface area contributed by atoms with Crippen LogP contribution in [0.3, 0.4) is 0 Å². The number of carbonyl (C=O) groups excluding carboxylic acids is 1. The molecule has 2 heterocycles. The summed E-state index contributed by atoms with van der Waals surface area (Å²) in [6.07, 6.45) is 1.46. The number of ether oxygens (including phenoxy) is 2. The number of halogens is 3. The van der Waals surface area contributed by atoms with Crippen LogP contribution >= 0.6 is 23.2 Å². The lowest BCUT2D eigenvalue weighted by molar-refractivity contribution is -0.119. The Morgan fingerprint density at radius 3 is 2.43 bits per heavy atom. The second kappa shape index (κ2) is 12.0. The molecule has 0 saturated heterocycles. The van der Waals surface area contributed by atoms with E-state index in [9.17, 15) is 17.6 Å². The van der Waals surface area contributed by atoms with E-state index >= 15 is 0 Å². The Morgan fingerprint density at radius 1 is 1.00 bits per heavy atom. The first kappa shape index (κ1) is 29.4. The number of sulfonamides is 1. The number of hydrazone groups is 1. The summed E-state index contributed by atoms with van der Waals surface area (Å²) in [5, 5.41) is 4.91. The van der Waals surface area contributed by atoms with Gasteiger partial charge in [-0.3, -0.25) is 9.10 Å². The number of fused-ring (bicyclic) bond motifs is 1. The number of nitrogens with zero attached hydrogens (tertiary/aromatic N) is 3. The van der Waals surface area contributed by atoms with Gasteiger partial charge >= 0.3 is 0 Å². The molecular formula is C29H25Cl2FN4O5S. The normalized spacial score (nSPS) is 12.9. The summed E-state index contributed by atoms with van der Waals surface area (Å²) in [7, 11) is -4.28. The average Bonchev–Trinajstić information content (AvgIpc) is 3.25. The van der Waals surface area contributed by atoms with Gasteiger partial charge in [0.15, 0.2) is 11.5 Å². The molecule has 4 aromatic rings. The highest BCUT2D eigenvalue weighted by molar-refractivity contribution is 7.92. The molecule has 218 valence electrons. The lowest BCUT2D eigenvalue weighted by Crippen LogP contribution is -2.39. The molecule has 1 N–H and O–H groups in total. The number of nitrogens with one attached hydrogen (secondary N) is 1. The molecule has 0 radical (unpaired) electrons. The number of aryl methyl sites for hydroxylation is 1. The summed E-state index contributed by atoms with van der Waals surface area (Å²) < 4.78 is 54.9. The van der Waals surface area contributed by atoms with Crippen LogP contribution < -0.4 is 19.2 Å². The zero-order chi connectivity index (χ0) is 30.0. The van der Waals surface area contributed by atoms with Gasteiger partial charge in [0, 0.05) is 28.7 Å². The van der Waals surface area contributed by atoms with Gasteiger partial charge in [-0.25, -0.2) is 18.2 Å². The second-order valence-corrected chi connectivity index (χ2v) is 12.0. The second-order valence-electron chi connectivity index (χ2n) is 9.35. The highest BCUT2D eigenvalue weighted by Gasteiger charge is 2.29. The Balaban J connectivity index is 1.37. The molecule has 0 bridgehead atoms. The number of hydrogen-bond donors (Lipinski definition) is 1. The number of anilines is 1. The summed E-state index contributed by atoms with van der Waals surface area (Å²) >= 11 is 12.2. The summed E-state index contributed by atoms with van der Waals surface area (Å²) in [4.78, 5) is 12.8. The van der Waals surface area contributed by atoms with Gasteiger partial charge in [0.25, 0.3) is 15.9 Å². The number of hydrogen-bond acceptors (Lipinski definition) is 6. The van der Waals surface area contributed by atoms with Crippen LogP contribution in [-0.4, -0.2) is 44.9 Å². The van der Waals surface area contributed by atoms with Crippen molar-refractivity contribution in [3.63, 3.8) is 0 Å². The first-order valence-corrected chi connectivity index (χ1v) is 14.9. The number of carbonyl (C=O) groups is 1. The van der Waals surface area contributed by atoms with Crippen LogP contribution in [0.4, 0.5) is 10.1 Å². The van der Waals surface area contributed by atoms with Gasteiger partial charge in [-0.1, -0.05) is 23.2 Å². The zero-order valence-corrected chi connectivity index (χ0v) is 24.8. The molecule has 0 spiro atoms. The molecule has 9 nitrogen and oxygen atoms in total. The summed E-state index contributed by atoms with van der Waals surface area (Å²) in [6.45, 7) is 3.79. The lowest BCUT2D eigenvalue weighted by Gasteiger charge is -2.25. The smallest absolute Gasteiger partial charge is 0.264 e. The van der Waals surface area contributed by atoms with E-state index in [1.54, 1.807) is 12.1 Å². The van der Waals surface area contributed by atoms with Crippen LogP contribution in [0.25, 0.3) is 5.69 Å². The summed E-state index contributed by atoms with van der Waals surface area (Å²) in [5.74, 6) is -0.578. The molecule has 5 rings (SSSR count). The first-order chi connectivity index (χ1) is 20.0. The van der Waals surface area contributed by atoms with Crippen LogP contribution in [0.2, 0.25) is 10.0 Å². The zero-order valence-electron chi connectivity index (χ0n) is 22.5. The van der Waals surface area contributed by atoms with Gasteiger partial charge < -0.3 is 14.0 Å². The molecule has 0 atom stereocenters. The van der Waals surface area contributed by atoms with E-state index in [1.807, 2.05) is 30.5 Å². The fourth-order valence-electron chi connectivity index (χ4n) is 4.51. The SMILES string of the molecule is Cc1cc(/C=N\NC(=O)CN(c2ccc(F)cc2)S(=O)(=O)c2ccc3c(c2)OCCO3)c(C)n1-c1ccc(Cl)c(Cl)c1. The van der Waals surface area contributed by atoms with Crippen molar-refractivity contribution in [3.8, 4) is 17.2 Å². The van der Waals surface area contributed by atoms with E-state index in [0.29, 0.717) is 22.4 Å². The van der Waals surface area contributed by atoms with Crippen LogP contribution in [-0.2, 0) is 14.8 Å². The standard InChI is InChI=1S/C29H25Cl2FN4O5S/c1-18-13-20(19(2)36(18)23-7-9-25(30)26(31)14-23)16-33-34-29(37)17-35(22-5-3-21(32)4-6-22)42(38,39)24-8-10-27-28(15-24)41-12-11-40-27/h3-10,13-16H,11-12,17H2,1-2H3,(H,34,37)/b33-16-. The highest BCUT2D eigenvalue weighted by atomic mass is 35.5. The van der Waals surface area contributed by atoms with Crippen molar-refractivity contribution in [1.82, 2.24) is 9.99 Å². The van der Waals surface area contributed by atoms with Gasteiger partial charge in [0.05, 0.1) is 26.8 Å². The number of rotatable bonds is 8. The van der Waals surface area contributed by atoms with Crippen molar-refractivity contribution in [2.45, 2.75) is 18.7 Å². The third-order valence-electron chi connectivity index (χ3n) is 6.53. The maximum Gasteiger partial charge on any atom is 0.264 e. The molecular weight excluding hydrogens is 606 g/mol. The highest BCUT2D eigenvalue weighted by Crippen LogP contribution is 2.34. The molecule has 3 aromatic carbocycles. The predicted molar refractivity (Wildman–Crippen MR) is 159 cm³/mol. The van der Waals surface area contributed by atoms with Gasteiger partial charge in [0.1, 0.15) is 25.6 Å². The van der Waals surface area contributed by atoms with Crippen molar-refractivity contribution in [1.29, 1.82) is 0 Å². The van der Waals surface area contributed by atoms with Crippen LogP contribution in [0.5, 0.6) is 11.5 Å². The minimum Gasteiger partial charge on any atom is -0.486 e. The number of aromatic nitrogens is 1. The molecule has 0 unspecified atom stereocenters. The molecule has 0 aliphatic carbocycles. The van der Waals surface area contributed by atoms with Crippen molar-refractivity contribution in [3.05, 3.63) is 99.5 Å². The molecule has 1 aliphatic heterocycles. The Hall–Kier alpha value is -4.06. The van der Waals surface area contributed by atoms with E-state index in [2.05, 4.69) is 10.5 Å². The summed E-state index contributed by atoms with van der Waals surface area (Å²) in [6, 6.07) is 16.1. The van der Waals surface area contributed by atoms with E-state index in [-0.39, 0.29) is 22.9 Å². The Bertz CT molecular complexity index is 1790. The molecule has 1 amide bonds. The first-order valence-electron chi connectivity index (χ1n) is 12.7. The number of amides is 1. The third kappa shape index (κ3) is 6.08. The van der Waals surface area contributed by atoms with Crippen molar-refractivity contribution in [2.24, 2.45) is 5.10 Å². The van der Waals surface area contributed by atoms with Crippen molar-refractivity contribution >= 4 is 51.0 Å². The van der Waals surface area contributed by atoms with Crippen molar-refractivity contribution < 1.29 is 27.1 Å². The Morgan fingerprint density at radius 2 is 1.71 bits per heavy atom. The minimum atomic E-state index is -4.28. The topological polar surface area (TPSA) is 102 Å². The van der Waals surface area contributed by atoms with E-state index in [1.165, 1.54) is 36.5 Å². The van der Waals surface area contributed by atoms with E-state index < -0.39 is 28.3 Å². The van der Waals surface area contributed by atoms with Crippen LogP contribution in [0.15, 0.2) is 76.7 Å². The minimum absolute atomic E-state index is 0.0931. The number of benzene rings is 3. The van der Waals surface area contributed by atoms with E-state index in [0.717, 1.165) is 39.1 Å². The van der Waals surface area contributed by atoms with Gasteiger partial charge in [-0.05, 0) is 74.5 Å². The average molecular weight is 632 g/mol. The van der Waals surface area contributed by atoms with Gasteiger partial charge in [-0.2, -0.15) is 5.10 Å². The molecule has 42 heavy (non-hydrogen) atoms. The predicted octanol–water partition coefficient (Wildman–Crippen LogP) is 5.66. The monoisotopic (exact) mass is 630 g/mol. The van der Waals surface area contributed by atoms with Crippen LogP contribution in [0.1, 0.15) is 17.0 Å². The molecule has 13 heteroatoms. The van der Waals surface area contributed by atoms with Gasteiger partial charge in [0.2, 0.25) is 0 Å². The van der Waals surface area contributed by atoms with E-state index in [4.69, 9.17) is 32.7 Å². The maximum absolute atomic E-state index is 13.7. The Labute approximate surface area is 252 Å². The van der Waals surface area contributed by atoms with Crippen molar-refractivity contribution in [2.75, 3.05) is 24.1 Å². The van der Waals surface area contributed by atoms with Gasteiger partial charge in [-0.15, -0.1) is 0 Å².